The lowest BCUT2D eigenvalue weighted by atomic mass is 9.82. The van der Waals surface area contributed by atoms with Gasteiger partial charge >= 0.3 is 11.9 Å². The monoisotopic (exact) mass is 240 g/mol. The van der Waals surface area contributed by atoms with Crippen molar-refractivity contribution in [1.29, 1.82) is 0 Å². The van der Waals surface area contributed by atoms with Crippen molar-refractivity contribution in [2.45, 2.75) is 32.6 Å². The van der Waals surface area contributed by atoms with E-state index < -0.39 is 17.9 Å². The highest BCUT2D eigenvalue weighted by Gasteiger charge is 2.36. The molecular formula is C13H20O4. The van der Waals surface area contributed by atoms with Crippen LogP contribution in [0.2, 0.25) is 0 Å². The van der Waals surface area contributed by atoms with Gasteiger partial charge in [0.15, 0.2) is 5.92 Å². The average molecular weight is 240 g/mol. The van der Waals surface area contributed by atoms with E-state index in [9.17, 15) is 9.59 Å². The molecule has 1 aliphatic rings. The normalized spacial score (nSPS) is 17.3. The van der Waals surface area contributed by atoms with E-state index in [1.165, 1.54) is 20.6 Å². The maximum atomic E-state index is 11.6. The SMILES string of the molecule is COC(=O)C(C(=O)OC)C(C)C1=CCCCC1. The van der Waals surface area contributed by atoms with Gasteiger partial charge in [-0.15, -0.1) is 0 Å². The van der Waals surface area contributed by atoms with Crippen LogP contribution in [-0.4, -0.2) is 26.2 Å². The van der Waals surface area contributed by atoms with Crippen LogP contribution in [-0.2, 0) is 19.1 Å². The average Bonchev–Trinajstić information content (AvgIpc) is 2.39. The molecule has 4 heteroatoms. The molecule has 0 aromatic heterocycles. The molecule has 0 aromatic carbocycles. The summed E-state index contributed by atoms with van der Waals surface area (Å²) in [6.45, 7) is 1.88. The van der Waals surface area contributed by atoms with E-state index in [1.54, 1.807) is 0 Å². The zero-order valence-electron chi connectivity index (χ0n) is 10.7. The minimum absolute atomic E-state index is 0.143. The van der Waals surface area contributed by atoms with Crippen LogP contribution in [0.3, 0.4) is 0 Å². The van der Waals surface area contributed by atoms with Gasteiger partial charge < -0.3 is 9.47 Å². The van der Waals surface area contributed by atoms with Gasteiger partial charge in [0, 0.05) is 5.92 Å². The lowest BCUT2D eigenvalue weighted by Crippen LogP contribution is -2.33. The fraction of sp³-hybridized carbons (Fsp3) is 0.692. The Hall–Kier alpha value is -1.32. The molecule has 0 bridgehead atoms. The summed E-state index contributed by atoms with van der Waals surface area (Å²) in [7, 11) is 2.58. The highest BCUT2D eigenvalue weighted by Crippen LogP contribution is 2.30. The van der Waals surface area contributed by atoms with Gasteiger partial charge in [-0.1, -0.05) is 18.6 Å². The second-order valence-electron chi connectivity index (χ2n) is 4.34. The van der Waals surface area contributed by atoms with Gasteiger partial charge in [0.05, 0.1) is 14.2 Å². The molecule has 0 saturated carbocycles. The van der Waals surface area contributed by atoms with E-state index in [0.29, 0.717) is 0 Å². The Kier molecular flexibility index (Phi) is 5.19. The van der Waals surface area contributed by atoms with Crippen molar-refractivity contribution < 1.29 is 19.1 Å². The Balaban J connectivity index is 2.85. The number of esters is 2. The van der Waals surface area contributed by atoms with E-state index in [-0.39, 0.29) is 5.92 Å². The molecule has 0 aliphatic heterocycles. The topological polar surface area (TPSA) is 52.6 Å². The molecule has 1 unspecified atom stereocenters. The van der Waals surface area contributed by atoms with Crippen LogP contribution in [0.4, 0.5) is 0 Å². The maximum Gasteiger partial charge on any atom is 0.320 e. The van der Waals surface area contributed by atoms with Crippen LogP contribution in [0.5, 0.6) is 0 Å². The third kappa shape index (κ3) is 3.32. The lowest BCUT2D eigenvalue weighted by Gasteiger charge is -2.24. The first kappa shape index (κ1) is 13.7. The molecule has 0 spiro atoms. The van der Waals surface area contributed by atoms with Gasteiger partial charge in [0.2, 0.25) is 0 Å². The first-order chi connectivity index (χ1) is 8.11. The van der Waals surface area contributed by atoms with Gasteiger partial charge in [0.1, 0.15) is 0 Å². The molecule has 1 aliphatic carbocycles. The number of ether oxygens (including phenoxy) is 2. The fourth-order valence-corrected chi connectivity index (χ4v) is 2.25. The van der Waals surface area contributed by atoms with Crippen LogP contribution >= 0.6 is 0 Å². The minimum Gasteiger partial charge on any atom is -0.468 e. The molecule has 0 heterocycles. The Bertz CT molecular complexity index is 303. The predicted octanol–water partition coefficient (Wildman–Crippen LogP) is 2.09. The third-order valence-corrected chi connectivity index (χ3v) is 3.32. The van der Waals surface area contributed by atoms with Crippen molar-refractivity contribution in [3.05, 3.63) is 11.6 Å². The molecule has 4 nitrogen and oxygen atoms in total. The standard InChI is InChI=1S/C13H20O4/c1-9(10-7-5-4-6-8-10)11(12(14)16-2)13(15)17-3/h7,9,11H,4-6,8H2,1-3H3. The molecular weight excluding hydrogens is 220 g/mol. The molecule has 1 rings (SSSR count). The number of carbonyl (C=O) groups is 2. The number of carbonyl (C=O) groups excluding carboxylic acids is 2. The van der Waals surface area contributed by atoms with Gasteiger partial charge in [0.25, 0.3) is 0 Å². The van der Waals surface area contributed by atoms with Crippen LogP contribution in [0, 0.1) is 11.8 Å². The first-order valence-corrected chi connectivity index (χ1v) is 5.96. The zero-order valence-corrected chi connectivity index (χ0v) is 10.7. The number of hydrogen-bond donors (Lipinski definition) is 0. The second-order valence-corrected chi connectivity index (χ2v) is 4.34. The molecule has 0 radical (unpaired) electrons. The Morgan fingerprint density at radius 2 is 1.76 bits per heavy atom. The number of methoxy groups -OCH3 is 2. The first-order valence-electron chi connectivity index (χ1n) is 5.96. The molecule has 0 aromatic rings. The van der Waals surface area contributed by atoms with E-state index in [2.05, 4.69) is 15.5 Å². The lowest BCUT2D eigenvalue weighted by molar-refractivity contribution is -0.160. The summed E-state index contributed by atoms with van der Waals surface area (Å²) < 4.78 is 9.36. The fourth-order valence-electron chi connectivity index (χ4n) is 2.25. The summed E-state index contributed by atoms with van der Waals surface area (Å²) in [6, 6.07) is 0. The zero-order chi connectivity index (χ0) is 12.8. The van der Waals surface area contributed by atoms with Crippen LogP contribution in [0.1, 0.15) is 32.6 Å². The molecule has 0 N–H and O–H groups in total. The third-order valence-electron chi connectivity index (χ3n) is 3.32. The summed E-state index contributed by atoms with van der Waals surface area (Å²) in [5, 5.41) is 0. The van der Waals surface area contributed by atoms with Crippen molar-refractivity contribution in [2.24, 2.45) is 11.8 Å². The largest absolute Gasteiger partial charge is 0.468 e. The van der Waals surface area contributed by atoms with E-state index in [1.807, 2.05) is 6.92 Å². The van der Waals surface area contributed by atoms with E-state index in [0.717, 1.165) is 24.8 Å². The highest BCUT2D eigenvalue weighted by molar-refractivity contribution is 5.95. The summed E-state index contributed by atoms with van der Waals surface area (Å²) >= 11 is 0. The smallest absolute Gasteiger partial charge is 0.320 e. The highest BCUT2D eigenvalue weighted by atomic mass is 16.5. The Morgan fingerprint density at radius 1 is 1.18 bits per heavy atom. The summed E-state index contributed by atoms with van der Waals surface area (Å²) in [5.74, 6) is -2.02. The maximum absolute atomic E-state index is 11.6. The Labute approximate surface area is 102 Å². The number of hydrogen-bond acceptors (Lipinski definition) is 4. The van der Waals surface area contributed by atoms with Crippen molar-refractivity contribution in [1.82, 2.24) is 0 Å². The molecule has 1 atom stereocenters. The van der Waals surface area contributed by atoms with Crippen LogP contribution in [0.25, 0.3) is 0 Å². The summed E-state index contributed by atoms with van der Waals surface area (Å²) in [4.78, 5) is 23.3. The second kappa shape index (κ2) is 6.42. The molecule has 96 valence electrons. The molecule has 17 heavy (non-hydrogen) atoms. The number of allylic oxidation sites excluding steroid dienone is 2. The van der Waals surface area contributed by atoms with Gasteiger partial charge in [-0.25, -0.2) is 0 Å². The summed E-state index contributed by atoms with van der Waals surface area (Å²) in [6.07, 6.45) is 6.40. The molecule has 0 saturated heterocycles. The van der Waals surface area contributed by atoms with Crippen LogP contribution in [0.15, 0.2) is 11.6 Å². The quantitative estimate of drug-likeness (QED) is 0.429. The minimum atomic E-state index is -0.839. The van der Waals surface area contributed by atoms with Gasteiger partial charge in [-0.2, -0.15) is 0 Å². The van der Waals surface area contributed by atoms with Crippen molar-refractivity contribution in [2.75, 3.05) is 14.2 Å². The predicted molar refractivity (Wildman–Crippen MR) is 63.2 cm³/mol. The summed E-state index contributed by atoms with van der Waals surface area (Å²) in [5.41, 5.74) is 1.16. The van der Waals surface area contributed by atoms with Crippen LogP contribution < -0.4 is 0 Å². The molecule has 0 fully saturated rings. The van der Waals surface area contributed by atoms with Crippen molar-refractivity contribution >= 4 is 11.9 Å². The van der Waals surface area contributed by atoms with Gasteiger partial charge in [-0.05, 0) is 25.7 Å². The van der Waals surface area contributed by atoms with Crippen molar-refractivity contribution in [3.63, 3.8) is 0 Å². The molecule has 0 amide bonds. The van der Waals surface area contributed by atoms with Gasteiger partial charge in [-0.3, -0.25) is 9.59 Å². The van der Waals surface area contributed by atoms with E-state index >= 15 is 0 Å². The van der Waals surface area contributed by atoms with Crippen molar-refractivity contribution in [3.8, 4) is 0 Å². The Morgan fingerprint density at radius 3 is 2.18 bits per heavy atom. The van der Waals surface area contributed by atoms with E-state index in [4.69, 9.17) is 0 Å². The number of rotatable bonds is 4.